The van der Waals surface area contributed by atoms with E-state index in [1.54, 1.807) is 0 Å². The van der Waals surface area contributed by atoms with Crippen LogP contribution in [0.2, 0.25) is 0 Å². The molecule has 0 aromatic carbocycles. The van der Waals surface area contributed by atoms with Gasteiger partial charge in [0.15, 0.2) is 0 Å². The van der Waals surface area contributed by atoms with Gasteiger partial charge in [0, 0.05) is 6.54 Å². The average Bonchev–Trinajstić information content (AvgIpc) is 2.97. The molecule has 1 heterocycles. The molecule has 0 radical (unpaired) electrons. The molecule has 1 amide bonds. The highest BCUT2D eigenvalue weighted by Gasteiger charge is 2.62. The van der Waals surface area contributed by atoms with Crippen molar-refractivity contribution in [3.8, 4) is 0 Å². The van der Waals surface area contributed by atoms with E-state index >= 15 is 0 Å². The Morgan fingerprint density at radius 3 is 2.67 bits per heavy atom. The summed E-state index contributed by atoms with van der Waals surface area (Å²) in [6.45, 7) is 10.2. The molecule has 1 saturated heterocycles. The van der Waals surface area contributed by atoms with E-state index in [1.807, 2.05) is 0 Å². The summed E-state index contributed by atoms with van der Waals surface area (Å²) in [4.78, 5) is 15.2. The molecule has 3 aliphatic rings. The van der Waals surface area contributed by atoms with E-state index in [2.05, 4.69) is 38.7 Å². The number of carbonyl (C=O) groups excluding carboxylic acids is 1. The van der Waals surface area contributed by atoms with Crippen molar-refractivity contribution in [2.75, 3.05) is 13.2 Å². The van der Waals surface area contributed by atoms with Crippen molar-refractivity contribution in [2.45, 2.75) is 65.5 Å². The predicted octanol–water partition coefficient (Wildman–Crippen LogP) is 3.39. The largest absolute Gasteiger partial charge is 0.374 e. The molecule has 0 unspecified atom stereocenters. The first kappa shape index (κ1) is 15.1. The summed E-state index contributed by atoms with van der Waals surface area (Å²) in [7, 11) is 0. The zero-order valence-corrected chi connectivity index (χ0v) is 13.9. The van der Waals surface area contributed by atoms with E-state index in [-0.39, 0.29) is 11.3 Å². The second-order valence-electron chi connectivity index (χ2n) is 7.86. The molecular weight excluding hydrogens is 262 g/mol. The van der Waals surface area contributed by atoms with Gasteiger partial charge in [-0.3, -0.25) is 4.79 Å². The van der Waals surface area contributed by atoms with Gasteiger partial charge >= 0.3 is 0 Å². The van der Waals surface area contributed by atoms with Gasteiger partial charge in [0.05, 0.1) is 24.7 Å². The maximum absolute atomic E-state index is 13.1. The van der Waals surface area contributed by atoms with Crippen LogP contribution in [-0.2, 0) is 9.53 Å². The number of allylic oxidation sites excluding steroid dienone is 2. The summed E-state index contributed by atoms with van der Waals surface area (Å²) < 4.78 is 5.90. The van der Waals surface area contributed by atoms with Crippen LogP contribution in [0.3, 0.4) is 0 Å². The number of carbonyl (C=O) groups is 1. The van der Waals surface area contributed by atoms with Gasteiger partial charge in [-0.05, 0) is 38.0 Å². The van der Waals surface area contributed by atoms with E-state index in [9.17, 15) is 4.79 Å². The number of nitrogens with zero attached hydrogens (tertiary/aromatic N) is 1. The lowest BCUT2D eigenvalue weighted by Crippen LogP contribution is -2.55. The average molecular weight is 291 g/mol. The summed E-state index contributed by atoms with van der Waals surface area (Å²) in [5.41, 5.74) is 1.44. The molecule has 0 bridgehead atoms. The lowest BCUT2D eigenvalue weighted by Gasteiger charge is -2.44. The quantitative estimate of drug-likeness (QED) is 0.730. The number of morpholine rings is 1. The van der Waals surface area contributed by atoms with Gasteiger partial charge in [0.25, 0.3) is 0 Å². The Hall–Kier alpha value is -0.830. The molecule has 3 heteroatoms. The molecule has 0 aromatic rings. The summed E-state index contributed by atoms with van der Waals surface area (Å²) in [6.07, 6.45) is 7.32. The Labute approximate surface area is 128 Å². The first-order valence-corrected chi connectivity index (χ1v) is 8.50. The highest BCUT2D eigenvalue weighted by molar-refractivity contribution is 5.84. The van der Waals surface area contributed by atoms with Crippen LogP contribution in [0.15, 0.2) is 11.6 Å². The molecule has 0 N–H and O–H groups in total. The number of ether oxygens (including phenoxy) is 1. The minimum Gasteiger partial charge on any atom is -0.374 e. The van der Waals surface area contributed by atoms with Crippen LogP contribution in [0.1, 0.15) is 53.4 Å². The zero-order chi connectivity index (χ0) is 15.2. The molecule has 1 aliphatic heterocycles. The summed E-state index contributed by atoms with van der Waals surface area (Å²) >= 11 is 0. The molecule has 21 heavy (non-hydrogen) atoms. The summed E-state index contributed by atoms with van der Waals surface area (Å²) in [6, 6.07) is 0.337. The monoisotopic (exact) mass is 291 g/mol. The fourth-order valence-electron chi connectivity index (χ4n) is 4.37. The lowest BCUT2D eigenvalue weighted by molar-refractivity contribution is -0.151. The summed E-state index contributed by atoms with van der Waals surface area (Å²) in [5, 5.41) is 0. The third-order valence-corrected chi connectivity index (χ3v) is 5.70. The third kappa shape index (κ3) is 2.65. The fourth-order valence-corrected chi connectivity index (χ4v) is 4.37. The second-order valence-corrected chi connectivity index (χ2v) is 7.86. The van der Waals surface area contributed by atoms with E-state index in [4.69, 9.17) is 4.74 Å². The summed E-state index contributed by atoms with van der Waals surface area (Å²) in [5.74, 6) is 0.968. The van der Waals surface area contributed by atoms with Gasteiger partial charge in [-0.1, -0.05) is 38.3 Å². The molecule has 2 aliphatic carbocycles. The van der Waals surface area contributed by atoms with Gasteiger partial charge in [0.2, 0.25) is 5.91 Å². The van der Waals surface area contributed by atoms with E-state index in [1.165, 1.54) is 18.4 Å². The molecule has 2 saturated carbocycles. The van der Waals surface area contributed by atoms with Gasteiger partial charge in [-0.15, -0.1) is 0 Å². The van der Waals surface area contributed by atoms with E-state index < -0.39 is 0 Å². The van der Waals surface area contributed by atoms with Crippen molar-refractivity contribution in [3.63, 3.8) is 0 Å². The Morgan fingerprint density at radius 1 is 1.24 bits per heavy atom. The minimum atomic E-state index is 0.122. The van der Waals surface area contributed by atoms with Crippen LogP contribution >= 0.6 is 0 Å². The fraction of sp³-hybridized carbons (Fsp3) is 0.833. The van der Waals surface area contributed by atoms with Crippen LogP contribution in [0, 0.1) is 17.3 Å². The normalized spacial score (nSPS) is 37.6. The van der Waals surface area contributed by atoms with Crippen LogP contribution in [0.5, 0.6) is 0 Å². The van der Waals surface area contributed by atoms with E-state index in [0.717, 1.165) is 19.4 Å². The van der Waals surface area contributed by atoms with Crippen LogP contribution in [0.4, 0.5) is 0 Å². The highest BCUT2D eigenvalue weighted by atomic mass is 16.5. The molecule has 3 fully saturated rings. The number of fused-ring (bicyclic) bond motifs is 1. The number of hydrogen-bond donors (Lipinski definition) is 0. The van der Waals surface area contributed by atoms with Crippen molar-refractivity contribution >= 4 is 5.91 Å². The maximum atomic E-state index is 13.1. The molecule has 0 aromatic heterocycles. The molecule has 0 spiro atoms. The first-order valence-electron chi connectivity index (χ1n) is 8.50. The molecule has 118 valence electrons. The SMILES string of the molecule is CC(C)=C[C@@H]1[C@H](C(=O)N2CCO[C@H]3CCCC[C@H]32)C1(C)C. The van der Waals surface area contributed by atoms with Gasteiger partial charge in [0.1, 0.15) is 0 Å². The number of amides is 1. The molecule has 3 rings (SSSR count). The Kier molecular flexibility index (Phi) is 3.89. The number of hydrogen-bond acceptors (Lipinski definition) is 2. The highest BCUT2D eigenvalue weighted by Crippen LogP contribution is 2.60. The molecule has 3 nitrogen and oxygen atoms in total. The topological polar surface area (TPSA) is 29.5 Å². The maximum Gasteiger partial charge on any atom is 0.227 e. The van der Waals surface area contributed by atoms with Crippen LogP contribution in [0.25, 0.3) is 0 Å². The number of rotatable bonds is 2. The van der Waals surface area contributed by atoms with Crippen molar-refractivity contribution in [1.29, 1.82) is 0 Å². The van der Waals surface area contributed by atoms with Gasteiger partial charge in [-0.25, -0.2) is 0 Å². The van der Waals surface area contributed by atoms with Crippen molar-refractivity contribution in [2.24, 2.45) is 17.3 Å². The lowest BCUT2D eigenvalue weighted by atomic mass is 9.89. The standard InChI is InChI=1S/C18H29NO2/c1-12(2)11-13-16(18(13,3)4)17(20)19-9-10-21-15-8-6-5-7-14(15)19/h11,13-16H,5-10H2,1-4H3/t13-,14-,15+,16-/m1/s1. The van der Waals surface area contributed by atoms with Gasteiger partial charge < -0.3 is 9.64 Å². The third-order valence-electron chi connectivity index (χ3n) is 5.70. The smallest absolute Gasteiger partial charge is 0.227 e. The minimum absolute atomic E-state index is 0.122. The van der Waals surface area contributed by atoms with Crippen LogP contribution in [-0.4, -0.2) is 36.1 Å². The van der Waals surface area contributed by atoms with Gasteiger partial charge in [-0.2, -0.15) is 0 Å². The Balaban J connectivity index is 1.74. The second kappa shape index (κ2) is 5.42. The van der Waals surface area contributed by atoms with Crippen molar-refractivity contribution < 1.29 is 9.53 Å². The first-order chi connectivity index (χ1) is 9.93. The van der Waals surface area contributed by atoms with Crippen molar-refractivity contribution in [1.82, 2.24) is 4.90 Å². The zero-order valence-electron chi connectivity index (χ0n) is 13.9. The molecular formula is C18H29NO2. The Morgan fingerprint density at radius 2 is 1.95 bits per heavy atom. The Bertz CT molecular complexity index is 448. The van der Waals surface area contributed by atoms with E-state index in [0.29, 0.717) is 30.6 Å². The molecule has 4 atom stereocenters. The van der Waals surface area contributed by atoms with Crippen molar-refractivity contribution in [3.05, 3.63) is 11.6 Å². The predicted molar refractivity (Wildman–Crippen MR) is 83.9 cm³/mol. The van der Waals surface area contributed by atoms with Crippen LogP contribution < -0.4 is 0 Å².